The SMILES string of the molecule is C/C(=C\C(=O)N(O)CCC[C@@H]1NC(=O)[C@H](CCCN(O)C(=O)/C=C(\C)CCO[C@@H]2O[C@H](CO)[C@@H](O)[C@H](O)[C@@H]2O)NC1=O)CCO. The Morgan fingerprint density at radius 2 is 1.31 bits per heavy atom. The van der Waals surface area contributed by atoms with Crippen molar-refractivity contribution >= 4 is 23.6 Å². The molecule has 0 bridgehead atoms. The third-order valence-electron chi connectivity index (χ3n) is 7.37. The van der Waals surface area contributed by atoms with Crippen LogP contribution in [0.25, 0.3) is 0 Å². The lowest BCUT2D eigenvalue weighted by Crippen LogP contribution is -2.61. The number of nitrogens with one attached hydrogen (secondary N) is 2. The van der Waals surface area contributed by atoms with Crippen LogP contribution in [0.1, 0.15) is 52.4 Å². The molecule has 0 unspecified atom stereocenters. The molecule has 17 nitrogen and oxygen atoms in total. The molecule has 2 saturated heterocycles. The predicted octanol–water partition coefficient (Wildman–Crippen LogP) is -2.55. The Hall–Kier alpha value is -3.00. The van der Waals surface area contributed by atoms with Gasteiger partial charge in [-0.05, 0) is 52.4 Å². The van der Waals surface area contributed by atoms with Gasteiger partial charge in [0, 0.05) is 31.8 Å². The number of ether oxygens (including phenoxy) is 2. The first-order valence-electron chi connectivity index (χ1n) is 14.8. The molecule has 2 rings (SSSR count). The third kappa shape index (κ3) is 12.0. The molecule has 0 spiro atoms. The maximum atomic E-state index is 12.5. The van der Waals surface area contributed by atoms with Crippen LogP contribution in [-0.4, -0.2) is 145 Å². The molecule has 2 heterocycles. The van der Waals surface area contributed by atoms with E-state index in [-0.39, 0.29) is 58.4 Å². The summed E-state index contributed by atoms with van der Waals surface area (Å²) in [7, 11) is 0. The van der Waals surface area contributed by atoms with Crippen LogP contribution < -0.4 is 10.6 Å². The Balaban J connectivity index is 1.69. The van der Waals surface area contributed by atoms with Crippen LogP contribution in [0.4, 0.5) is 0 Å². The summed E-state index contributed by atoms with van der Waals surface area (Å²) in [5, 5.41) is 73.9. The monoisotopic (exact) mass is 646 g/mol. The van der Waals surface area contributed by atoms with E-state index in [1.807, 2.05) is 0 Å². The molecule has 0 aromatic rings. The topological polar surface area (TPSA) is 259 Å². The zero-order valence-corrected chi connectivity index (χ0v) is 25.4. The van der Waals surface area contributed by atoms with Crippen LogP contribution in [0, 0.1) is 0 Å². The second-order valence-electron chi connectivity index (χ2n) is 11.1. The number of rotatable bonds is 17. The Labute approximate surface area is 260 Å². The van der Waals surface area contributed by atoms with Crippen LogP contribution in [0.2, 0.25) is 0 Å². The third-order valence-corrected chi connectivity index (χ3v) is 7.37. The molecule has 0 saturated carbocycles. The van der Waals surface area contributed by atoms with Crippen molar-refractivity contribution in [3.63, 3.8) is 0 Å². The Bertz CT molecular complexity index is 1070. The first-order valence-corrected chi connectivity index (χ1v) is 14.8. The van der Waals surface area contributed by atoms with E-state index >= 15 is 0 Å². The highest BCUT2D eigenvalue weighted by atomic mass is 16.7. The minimum atomic E-state index is -1.57. The molecule has 0 aromatic heterocycles. The Morgan fingerprint density at radius 3 is 1.78 bits per heavy atom. The summed E-state index contributed by atoms with van der Waals surface area (Å²) in [5.41, 5.74) is 1.11. The van der Waals surface area contributed by atoms with Crippen molar-refractivity contribution in [2.24, 2.45) is 0 Å². The van der Waals surface area contributed by atoms with Gasteiger partial charge in [0.05, 0.1) is 13.2 Å². The van der Waals surface area contributed by atoms with Crippen molar-refractivity contribution in [3.8, 4) is 0 Å². The van der Waals surface area contributed by atoms with Crippen molar-refractivity contribution in [3.05, 3.63) is 23.3 Å². The minimum Gasteiger partial charge on any atom is -0.396 e. The number of hydrogen-bond acceptors (Lipinski definition) is 13. The van der Waals surface area contributed by atoms with Gasteiger partial charge in [-0.1, -0.05) is 11.1 Å². The van der Waals surface area contributed by atoms with E-state index in [0.29, 0.717) is 27.7 Å². The lowest BCUT2D eigenvalue weighted by molar-refractivity contribution is -0.300. The number of carbonyl (C=O) groups is 4. The first-order chi connectivity index (χ1) is 21.3. The average molecular weight is 647 g/mol. The van der Waals surface area contributed by atoms with Gasteiger partial charge in [-0.15, -0.1) is 0 Å². The summed E-state index contributed by atoms with van der Waals surface area (Å²) >= 11 is 0. The highest BCUT2D eigenvalue weighted by Gasteiger charge is 2.44. The van der Waals surface area contributed by atoms with E-state index in [1.54, 1.807) is 13.8 Å². The van der Waals surface area contributed by atoms with Crippen LogP contribution in [0.15, 0.2) is 23.3 Å². The molecule has 2 aliphatic heterocycles. The number of aliphatic hydroxyl groups excluding tert-OH is 5. The summed E-state index contributed by atoms with van der Waals surface area (Å²) in [5.74, 6) is -2.25. The highest BCUT2D eigenvalue weighted by Crippen LogP contribution is 2.22. The van der Waals surface area contributed by atoms with Gasteiger partial charge in [0.15, 0.2) is 6.29 Å². The van der Waals surface area contributed by atoms with Crippen molar-refractivity contribution in [1.29, 1.82) is 0 Å². The summed E-state index contributed by atoms with van der Waals surface area (Å²) in [6.45, 7) is 2.30. The van der Waals surface area contributed by atoms with E-state index in [0.717, 1.165) is 0 Å². The van der Waals surface area contributed by atoms with E-state index in [1.165, 1.54) is 12.2 Å². The summed E-state index contributed by atoms with van der Waals surface area (Å²) in [6.07, 6.45) is -3.45. The zero-order chi connectivity index (χ0) is 33.7. The van der Waals surface area contributed by atoms with E-state index < -0.39 is 73.0 Å². The van der Waals surface area contributed by atoms with E-state index in [9.17, 15) is 50.0 Å². The Morgan fingerprint density at radius 1 is 0.822 bits per heavy atom. The second kappa shape index (κ2) is 18.8. The molecule has 256 valence electrons. The number of nitrogens with zero attached hydrogens (tertiary/aromatic N) is 2. The fourth-order valence-electron chi connectivity index (χ4n) is 4.63. The van der Waals surface area contributed by atoms with Crippen LogP contribution in [0.3, 0.4) is 0 Å². The standard InChI is InChI=1S/C28H46N4O13/c1-16(7-11-33)13-21(35)31(42)9-3-5-18-26(40)30-19(27(41)29-18)6-4-10-32(43)22(36)14-17(2)8-12-44-28-25(39)24(38)23(37)20(15-34)45-28/h13-14,18-20,23-25,28,33-34,37-39,42-43H,3-12,15H2,1-2H3,(H,29,41)(H,30,40)/b16-13+,17-14+/t18-,19-,20+,23+,24-,25-,28+/m0/s1. The largest absolute Gasteiger partial charge is 0.396 e. The lowest BCUT2D eigenvalue weighted by Gasteiger charge is -2.39. The number of amides is 4. The second-order valence-corrected chi connectivity index (χ2v) is 11.1. The molecular weight excluding hydrogens is 600 g/mol. The fraction of sp³-hybridized carbons (Fsp3) is 0.714. The molecule has 2 fully saturated rings. The molecule has 45 heavy (non-hydrogen) atoms. The normalized spacial score (nSPS) is 27.5. The predicted molar refractivity (Wildman–Crippen MR) is 153 cm³/mol. The summed E-state index contributed by atoms with van der Waals surface area (Å²) in [4.78, 5) is 49.3. The van der Waals surface area contributed by atoms with Gasteiger partial charge < -0.3 is 45.6 Å². The molecule has 0 radical (unpaired) electrons. The zero-order valence-electron chi connectivity index (χ0n) is 25.4. The summed E-state index contributed by atoms with van der Waals surface area (Å²) < 4.78 is 10.6. The molecule has 7 atom stereocenters. The maximum absolute atomic E-state index is 12.5. The molecule has 0 aromatic carbocycles. The van der Waals surface area contributed by atoms with Crippen LogP contribution in [0.5, 0.6) is 0 Å². The molecule has 4 amide bonds. The fourth-order valence-corrected chi connectivity index (χ4v) is 4.63. The van der Waals surface area contributed by atoms with Gasteiger partial charge in [0.1, 0.15) is 36.5 Å². The van der Waals surface area contributed by atoms with Crippen molar-refractivity contribution in [2.75, 3.05) is 32.9 Å². The number of hydrogen-bond donors (Lipinski definition) is 9. The van der Waals surface area contributed by atoms with Crippen molar-refractivity contribution < 1.29 is 64.6 Å². The van der Waals surface area contributed by atoms with Crippen molar-refractivity contribution in [1.82, 2.24) is 20.8 Å². The van der Waals surface area contributed by atoms with Gasteiger partial charge in [0.25, 0.3) is 11.8 Å². The van der Waals surface area contributed by atoms with Gasteiger partial charge in [0.2, 0.25) is 11.8 Å². The smallest absolute Gasteiger partial charge is 0.269 e. The molecular formula is C28H46N4O13. The molecule has 17 heteroatoms. The van der Waals surface area contributed by atoms with E-state index in [4.69, 9.17) is 14.6 Å². The number of hydroxylamine groups is 4. The molecule has 0 aliphatic carbocycles. The van der Waals surface area contributed by atoms with Gasteiger partial charge in [-0.2, -0.15) is 0 Å². The van der Waals surface area contributed by atoms with Gasteiger partial charge >= 0.3 is 0 Å². The lowest BCUT2D eigenvalue weighted by atomic mass is 9.99. The van der Waals surface area contributed by atoms with Crippen LogP contribution >= 0.6 is 0 Å². The Kier molecular flexibility index (Phi) is 16.0. The van der Waals surface area contributed by atoms with Gasteiger partial charge in [-0.3, -0.25) is 29.6 Å². The van der Waals surface area contributed by atoms with Gasteiger partial charge in [-0.25, -0.2) is 10.1 Å². The molecule has 2 aliphatic rings. The summed E-state index contributed by atoms with van der Waals surface area (Å²) in [6, 6.07) is -1.72. The quantitative estimate of drug-likeness (QED) is 0.0448. The van der Waals surface area contributed by atoms with Crippen molar-refractivity contribution in [2.45, 2.75) is 95.2 Å². The molecule has 9 N–H and O–H groups in total. The van der Waals surface area contributed by atoms with Crippen LogP contribution in [-0.2, 0) is 28.7 Å². The van der Waals surface area contributed by atoms with E-state index in [2.05, 4.69) is 10.6 Å². The average Bonchev–Trinajstić information content (AvgIpc) is 2.99. The minimum absolute atomic E-state index is 0.0416. The highest BCUT2D eigenvalue weighted by molar-refractivity contribution is 5.96. The number of piperazine rings is 1. The number of aliphatic hydroxyl groups is 5. The maximum Gasteiger partial charge on any atom is 0.269 e. The first kappa shape index (κ1) is 38.2. The number of carbonyl (C=O) groups excluding carboxylic acids is 4.